The van der Waals surface area contributed by atoms with Crippen LogP contribution in [0.5, 0.6) is 0 Å². The van der Waals surface area contributed by atoms with E-state index < -0.39 is 21.9 Å². The summed E-state index contributed by atoms with van der Waals surface area (Å²) in [6.07, 6.45) is 0. The summed E-state index contributed by atoms with van der Waals surface area (Å²) < 4.78 is 42.1. The number of hydrogen-bond donors (Lipinski definition) is 1. The summed E-state index contributed by atoms with van der Waals surface area (Å²) in [6.45, 7) is 1.96. The number of benzene rings is 3. The lowest BCUT2D eigenvalue weighted by Gasteiger charge is -2.20. The Morgan fingerprint density at radius 1 is 0.800 bits per heavy atom. The molecule has 0 bridgehead atoms. The fourth-order valence-electron chi connectivity index (χ4n) is 2.61. The standard InChI is InChI=1S/C20H18FNO2S/c1-15-11-13-17(14-12-15)20(16-7-3-2-4-8-16)22-25(23,24)19-10-6-5-9-18(19)21/h2-14,20,22H,1H3/t20-/m1/s1. The summed E-state index contributed by atoms with van der Waals surface area (Å²) in [6, 6.07) is 21.6. The Balaban J connectivity index is 2.04. The third-order valence-corrected chi connectivity index (χ3v) is 5.40. The lowest BCUT2D eigenvalue weighted by molar-refractivity contribution is 0.550. The van der Waals surface area contributed by atoms with Crippen LogP contribution in [-0.4, -0.2) is 8.42 Å². The van der Waals surface area contributed by atoms with E-state index in [9.17, 15) is 12.8 Å². The zero-order valence-electron chi connectivity index (χ0n) is 13.7. The second kappa shape index (κ2) is 7.17. The van der Waals surface area contributed by atoms with Gasteiger partial charge in [-0.25, -0.2) is 12.8 Å². The van der Waals surface area contributed by atoms with Gasteiger partial charge in [-0.3, -0.25) is 0 Å². The summed E-state index contributed by atoms with van der Waals surface area (Å²) in [4.78, 5) is -0.358. The van der Waals surface area contributed by atoms with Crippen molar-refractivity contribution in [1.29, 1.82) is 0 Å². The molecule has 0 aliphatic carbocycles. The molecule has 0 fully saturated rings. The number of aryl methyl sites for hydroxylation is 1. The van der Waals surface area contributed by atoms with Crippen molar-refractivity contribution in [3.05, 3.63) is 101 Å². The number of sulfonamides is 1. The lowest BCUT2D eigenvalue weighted by atomic mass is 9.99. The zero-order chi connectivity index (χ0) is 17.9. The predicted octanol–water partition coefficient (Wildman–Crippen LogP) is 4.20. The molecule has 0 unspecified atom stereocenters. The summed E-state index contributed by atoms with van der Waals surface area (Å²) in [7, 11) is -4.02. The van der Waals surface area contributed by atoms with Crippen molar-refractivity contribution >= 4 is 10.0 Å². The molecule has 0 saturated heterocycles. The largest absolute Gasteiger partial charge is 0.244 e. The zero-order valence-corrected chi connectivity index (χ0v) is 14.5. The summed E-state index contributed by atoms with van der Waals surface area (Å²) in [5.74, 6) is -0.772. The van der Waals surface area contributed by atoms with Crippen molar-refractivity contribution in [2.75, 3.05) is 0 Å². The highest BCUT2D eigenvalue weighted by Crippen LogP contribution is 2.25. The van der Waals surface area contributed by atoms with E-state index in [0.717, 1.165) is 22.8 Å². The summed E-state index contributed by atoms with van der Waals surface area (Å²) in [5.41, 5.74) is 2.65. The van der Waals surface area contributed by atoms with Crippen molar-refractivity contribution in [3.8, 4) is 0 Å². The molecule has 25 heavy (non-hydrogen) atoms. The Kier molecular flexibility index (Phi) is 4.97. The van der Waals surface area contributed by atoms with E-state index >= 15 is 0 Å². The van der Waals surface area contributed by atoms with Gasteiger partial charge in [0.25, 0.3) is 0 Å². The molecule has 3 aromatic rings. The van der Waals surface area contributed by atoms with Crippen LogP contribution in [0.4, 0.5) is 4.39 Å². The number of hydrogen-bond acceptors (Lipinski definition) is 2. The van der Waals surface area contributed by atoms with Gasteiger partial charge in [0.05, 0.1) is 6.04 Å². The highest BCUT2D eigenvalue weighted by molar-refractivity contribution is 7.89. The number of nitrogens with one attached hydrogen (secondary N) is 1. The fourth-order valence-corrected chi connectivity index (χ4v) is 3.91. The van der Waals surface area contributed by atoms with E-state index in [0.29, 0.717) is 0 Å². The average Bonchev–Trinajstić information content (AvgIpc) is 2.61. The number of rotatable bonds is 5. The molecule has 3 rings (SSSR count). The van der Waals surface area contributed by atoms with Crippen LogP contribution in [0.3, 0.4) is 0 Å². The van der Waals surface area contributed by atoms with Gasteiger partial charge in [0.1, 0.15) is 10.7 Å². The first-order chi connectivity index (χ1) is 12.0. The minimum Gasteiger partial charge on any atom is -0.207 e. The van der Waals surface area contributed by atoms with Crippen molar-refractivity contribution in [2.24, 2.45) is 0 Å². The van der Waals surface area contributed by atoms with Crippen LogP contribution in [0.25, 0.3) is 0 Å². The van der Waals surface area contributed by atoms with Crippen LogP contribution in [0.2, 0.25) is 0 Å². The second-order valence-corrected chi connectivity index (χ2v) is 7.49. The van der Waals surface area contributed by atoms with E-state index in [1.807, 2.05) is 61.5 Å². The van der Waals surface area contributed by atoms with Crippen LogP contribution in [-0.2, 0) is 10.0 Å². The second-order valence-electron chi connectivity index (χ2n) is 5.81. The molecule has 3 aromatic carbocycles. The van der Waals surface area contributed by atoms with Crippen LogP contribution in [0.15, 0.2) is 83.8 Å². The molecule has 3 nitrogen and oxygen atoms in total. The normalized spacial score (nSPS) is 12.7. The fraction of sp³-hybridized carbons (Fsp3) is 0.100. The Bertz CT molecular complexity index is 955. The average molecular weight is 355 g/mol. The van der Waals surface area contributed by atoms with Gasteiger partial charge in [0, 0.05) is 0 Å². The molecule has 0 amide bonds. The maximum absolute atomic E-state index is 14.0. The van der Waals surface area contributed by atoms with Gasteiger partial charge in [-0.2, -0.15) is 4.72 Å². The van der Waals surface area contributed by atoms with Gasteiger partial charge >= 0.3 is 0 Å². The van der Waals surface area contributed by atoms with E-state index in [-0.39, 0.29) is 4.90 Å². The van der Waals surface area contributed by atoms with Crippen LogP contribution >= 0.6 is 0 Å². The first kappa shape index (κ1) is 17.3. The molecule has 0 spiro atoms. The Hall–Kier alpha value is -2.50. The Labute approximate surface area is 147 Å². The molecular formula is C20H18FNO2S. The van der Waals surface area contributed by atoms with Gasteiger partial charge in [0.2, 0.25) is 10.0 Å². The molecule has 0 aliphatic rings. The smallest absolute Gasteiger partial charge is 0.207 e. The first-order valence-electron chi connectivity index (χ1n) is 7.86. The highest BCUT2D eigenvalue weighted by atomic mass is 32.2. The highest BCUT2D eigenvalue weighted by Gasteiger charge is 2.25. The SMILES string of the molecule is Cc1ccc([C@H](NS(=O)(=O)c2ccccc2F)c2ccccc2)cc1. The Morgan fingerprint density at radius 2 is 1.36 bits per heavy atom. The van der Waals surface area contributed by atoms with E-state index in [4.69, 9.17) is 0 Å². The molecular weight excluding hydrogens is 337 g/mol. The summed E-state index contributed by atoms with van der Waals surface area (Å²) >= 11 is 0. The van der Waals surface area contributed by atoms with Gasteiger partial charge < -0.3 is 0 Å². The van der Waals surface area contributed by atoms with Crippen molar-refractivity contribution < 1.29 is 12.8 Å². The van der Waals surface area contributed by atoms with Crippen LogP contribution in [0.1, 0.15) is 22.7 Å². The minimum atomic E-state index is -4.02. The third kappa shape index (κ3) is 3.95. The molecule has 1 N–H and O–H groups in total. The van der Waals surface area contributed by atoms with Gasteiger partial charge in [-0.15, -0.1) is 0 Å². The first-order valence-corrected chi connectivity index (χ1v) is 9.34. The topological polar surface area (TPSA) is 46.2 Å². The lowest BCUT2D eigenvalue weighted by Crippen LogP contribution is -2.30. The molecule has 0 aliphatic heterocycles. The van der Waals surface area contributed by atoms with Gasteiger partial charge in [0.15, 0.2) is 0 Å². The van der Waals surface area contributed by atoms with Gasteiger partial charge in [-0.1, -0.05) is 72.3 Å². The van der Waals surface area contributed by atoms with Crippen LogP contribution in [0, 0.1) is 12.7 Å². The Morgan fingerprint density at radius 3 is 2.00 bits per heavy atom. The maximum atomic E-state index is 14.0. The third-order valence-electron chi connectivity index (χ3n) is 3.94. The number of halogens is 1. The molecule has 1 atom stereocenters. The molecule has 0 aromatic heterocycles. The monoisotopic (exact) mass is 355 g/mol. The van der Waals surface area contributed by atoms with E-state index in [2.05, 4.69) is 4.72 Å². The maximum Gasteiger partial charge on any atom is 0.244 e. The summed E-state index contributed by atoms with van der Waals surface area (Å²) in [5, 5.41) is 0. The van der Waals surface area contributed by atoms with Crippen LogP contribution < -0.4 is 4.72 Å². The molecule has 5 heteroatoms. The van der Waals surface area contributed by atoms with Crippen molar-refractivity contribution in [2.45, 2.75) is 17.9 Å². The van der Waals surface area contributed by atoms with Crippen molar-refractivity contribution in [1.82, 2.24) is 4.72 Å². The van der Waals surface area contributed by atoms with Crippen molar-refractivity contribution in [3.63, 3.8) is 0 Å². The molecule has 0 heterocycles. The predicted molar refractivity (Wildman–Crippen MR) is 96.2 cm³/mol. The van der Waals surface area contributed by atoms with E-state index in [1.165, 1.54) is 18.2 Å². The van der Waals surface area contributed by atoms with Gasteiger partial charge in [-0.05, 0) is 30.2 Å². The molecule has 128 valence electrons. The van der Waals surface area contributed by atoms with E-state index in [1.54, 1.807) is 0 Å². The quantitative estimate of drug-likeness (QED) is 0.745. The molecule has 0 radical (unpaired) electrons. The molecule has 0 saturated carbocycles. The minimum absolute atomic E-state index is 0.358.